The van der Waals surface area contributed by atoms with Crippen LogP contribution in [0.15, 0.2) is 35.5 Å². The van der Waals surface area contributed by atoms with Gasteiger partial charge in [0.25, 0.3) is 5.91 Å². The Morgan fingerprint density at radius 2 is 1.82 bits per heavy atom. The fourth-order valence-electron chi connectivity index (χ4n) is 3.42. The lowest BCUT2D eigenvalue weighted by Crippen LogP contribution is -2.18. The number of hydrogen-bond acceptors (Lipinski definition) is 6. The molecule has 13 heteroatoms. The average molecular weight is 493 g/mol. The summed E-state index contributed by atoms with van der Waals surface area (Å²) in [6, 6.07) is 2.41. The van der Waals surface area contributed by atoms with Gasteiger partial charge in [-0.05, 0) is 19.1 Å². The van der Waals surface area contributed by atoms with Crippen molar-refractivity contribution in [1.29, 1.82) is 0 Å². The standard InChI is InChI=1S/C21H15F4N5O3S/c1-9-14(5-11(22)6-27-9)34(32,33)8-10-3-4-13(23)15(16(10)24)20-17(25)18-12(7-28-20)19(30-29-18)21(31)26-2/h3-7H,8H2,1-2H3,(H,26,31)(H,29,30). The maximum Gasteiger partial charge on any atom is 0.269 e. The predicted octanol–water partition coefficient (Wildman–Crippen LogP) is 3.22. The largest absolute Gasteiger partial charge is 0.354 e. The van der Waals surface area contributed by atoms with E-state index in [4.69, 9.17) is 0 Å². The van der Waals surface area contributed by atoms with Gasteiger partial charge in [0, 0.05) is 18.8 Å². The third kappa shape index (κ3) is 3.87. The van der Waals surface area contributed by atoms with E-state index in [1.54, 1.807) is 0 Å². The Labute approximate surface area is 190 Å². The topological polar surface area (TPSA) is 118 Å². The molecule has 3 aromatic heterocycles. The Balaban J connectivity index is 1.83. The molecule has 0 saturated carbocycles. The van der Waals surface area contributed by atoms with Crippen LogP contribution in [-0.2, 0) is 15.6 Å². The van der Waals surface area contributed by atoms with Crippen molar-refractivity contribution in [3.63, 3.8) is 0 Å². The first kappa shape index (κ1) is 23.3. The van der Waals surface area contributed by atoms with Gasteiger partial charge in [0.1, 0.15) is 34.4 Å². The second kappa shape index (κ2) is 8.48. The molecule has 0 aliphatic rings. The number of benzene rings is 1. The number of nitrogens with one attached hydrogen (secondary N) is 2. The van der Waals surface area contributed by atoms with E-state index in [0.29, 0.717) is 0 Å². The van der Waals surface area contributed by atoms with Crippen LogP contribution in [0.3, 0.4) is 0 Å². The summed E-state index contributed by atoms with van der Waals surface area (Å²) in [5, 5.41) is 8.34. The zero-order valence-electron chi connectivity index (χ0n) is 17.6. The van der Waals surface area contributed by atoms with Crippen LogP contribution >= 0.6 is 0 Å². The normalized spacial score (nSPS) is 11.7. The summed E-state index contributed by atoms with van der Waals surface area (Å²) in [5.41, 5.74) is -2.66. The first-order valence-corrected chi connectivity index (χ1v) is 11.3. The first-order valence-electron chi connectivity index (χ1n) is 9.62. The molecule has 0 bridgehead atoms. The highest BCUT2D eigenvalue weighted by Crippen LogP contribution is 2.33. The van der Waals surface area contributed by atoms with E-state index >= 15 is 8.78 Å². The zero-order valence-corrected chi connectivity index (χ0v) is 18.4. The third-order valence-corrected chi connectivity index (χ3v) is 6.87. The number of aromatic nitrogens is 4. The van der Waals surface area contributed by atoms with Gasteiger partial charge in [-0.25, -0.2) is 26.0 Å². The maximum atomic E-state index is 15.3. The van der Waals surface area contributed by atoms with E-state index in [1.807, 2.05) is 0 Å². The molecule has 0 unspecified atom stereocenters. The summed E-state index contributed by atoms with van der Waals surface area (Å²) in [4.78, 5) is 18.8. The van der Waals surface area contributed by atoms with E-state index in [9.17, 15) is 22.0 Å². The van der Waals surface area contributed by atoms with Gasteiger partial charge in [0.15, 0.2) is 15.7 Å². The molecule has 3 heterocycles. The molecule has 2 N–H and O–H groups in total. The second-order valence-corrected chi connectivity index (χ2v) is 9.21. The quantitative estimate of drug-likeness (QED) is 0.413. The smallest absolute Gasteiger partial charge is 0.269 e. The molecule has 4 rings (SSSR count). The van der Waals surface area contributed by atoms with E-state index in [1.165, 1.54) is 14.0 Å². The van der Waals surface area contributed by atoms with Crippen LogP contribution in [0, 0.1) is 30.2 Å². The highest BCUT2D eigenvalue weighted by atomic mass is 32.2. The van der Waals surface area contributed by atoms with Crippen LogP contribution in [-0.4, -0.2) is 41.5 Å². The van der Waals surface area contributed by atoms with Gasteiger partial charge in [-0.1, -0.05) is 6.07 Å². The molecule has 4 aromatic rings. The number of carbonyl (C=O) groups excluding carboxylic acids is 1. The summed E-state index contributed by atoms with van der Waals surface area (Å²) in [7, 11) is -2.95. The molecule has 0 saturated heterocycles. The van der Waals surface area contributed by atoms with Crippen LogP contribution in [0.2, 0.25) is 0 Å². The second-order valence-electron chi connectivity index (χ2n) is 7.25. The molecular formula is C21H15F4N5O3S. The maximum absolute atomic E-state index is 15.3. The number of pyridine rings is 2. The van der Waals surface area contributed by atoms with E-state index < -0.39 is 66.5 Å². The Kier molecular flexibility index (Phi) is 5.81. The summed E-state index contributed by atoms with van der Waals surface area (Å²) >= 11 is 0. The van der Waals surface area contributed by atoms with E-state index in [2.05, 4.69) is 25.5 Å². The molecule has 176 valence electrons. The molecule has 0 aliphatic carbocycles. The number of sulfone groups is 1. The summed E-state index contributed by atoms with van der Waals surface area (Å²) in [6.45, 7) is 1.34. The van der Waals surface area contributed by atoms with Crippen LogP contribution in [0.1, 0.15) is 21.7 Å². The van der Waals surface area contributed by atoms with E-state index in [-0.39, 0.29) is 22.3 Å². The van der Waals surface area contributed by atoms with Gasteiger partial charge in [0.2, 0.25) is 0 Å². The SMILES string of the molecule is CNC(=O)c1[nH]nc2c(F)c(-c3c(F)ccc(CS(=O)(=O)c4cc(F)cnc4C)c3F)ncc12. The lowest BCUT2D eigenvalue weighted by atomic mass is 10.0. The van der Waals surface area contributed by atoms with Gasteiger partial charge >= 0.3 is 0 Å². The number of aromatic amines is 1. The van der Waals surface area contributed by atoms with Crippen LogP contribution in [0.25, 0.3) is 22.2 Å². The number of rotatable bonds is 5. The number of carbonyl (C=O) groups is 1. The predicted molar refractivity (Wildman–Crippen MR) is 112 cm³/mol. The molecule has 1 amide bonds. The minimum absolute atomic E-state index is 0.00671. The summed E-state index contributed by atoms with van der Waals surface area (Å²) in [6.07, 6.45) is 1.85. The highest BCUT2D eigenvalue weighted by molar-refractivity contribution is 7.90. The molecule has 0 atom stereocenters. The Bertz CT molecular complexity index is 1570. The van der Waals surface area contributed by atoms with Crippen molar-refractivity contribution in [2.75, 3.05) is 7.05 Å². The van der Waals surface area contributed by atoms with Gasteiger partial charge in [-0.2, -0.15) is 5.10 Å². The van der Waals surface area contributed by atoms with Gasteiger partial charge in [-0.15, -0.1) is 0 Å². The summed E-state index contributed by atoms with van der Waals surface area (Å²) in [5.74, 6) is -6.26. The molecule has 34 heavy (non-hydrogen) atoms. The monoisotopic (exact) mass is 493 g/mol. The average Bonchev–Trinajstić information content (AvgIpc) is 3.23. The Morgan fingerprint density at radius 1 is 1.09 bits per heavy atom. The number of amides is 1. The van der Waals surface area contributed by atoms with Crippen molar-refractivity contribution < 1.29 is 30.8 Å². The third-order valence-electron chi connectivity index (χ3n) is 5.09. The number of aryl methyl sites for hydroxylation is 1. The summed E-state index contributed by atoms with van der Waals surface area (Å²) < 4.78 is 84.2. The molecule has 0 fully saturated rings. The Morgan fingerprint density at radius 3 is 2.53 bits per heavy atom. The Hall–Kier alpha value is -3.87. The lowest BCUT2D eigenvalue weighted by molar-refractivity contribution is 0.0959. The zero-order chi connectivity index (χ0) is 24.8. The van der Waals surface area contributed by atoms with E-state index in [0.717, 1.165) is 30.6 Å². The minimum atomic E-state index is -4.30. The van der Waals surface area contributed by atoms with Crippen LogP contribution in [0.5, 0.6) is 0 Å². The number of halogens is 4. The van der Waals surface area contributed by atoms with Crippen molar-refractivity contribution in [3.8, 4) is 11.3 Å². The number of H-pyrrole nitrogens is 1. The van der Waals surface area contributed by atoms with Crippen molar-refractivity contribution in [2.45, 2.75) is 17.6 Å². The fourth-order valence-corrected chi connectivity index (χ4v) is 5.01. The molecule has 0 aliphatic heterocycles. The van der Waals surface area contributed by atoms with Gasteiger partial charge in [-0.3, -0.25) is 19.9 Å². The number of hydrogen-bond donors (Lipinski definition) is 2. The van der Waals surface area contributed by atoms with Crippen molar-refractivity contribution in [3.05, 3.63) is 70.8 Å². The lowest BCUT2D eigenvalue weighted by Gasteiger charge is -2.12. The first-order chi connectivity index (χ1) is 16.0. The minimum Gasteiger partial charge on any atom is -0.354 e. The van der Waals surface area contributed by atoms with Gasteiger partial charge in [0.05, 0.1) is 33.5 Å². The molecule has 1 aromatic carbocycles. The highest BCUT2D eigenvalue weighted by Gasteiger charge is 2.27. The van der Waals surface area contributed by atoms with Crippen LogP contribution < -0.4 is 5.32 Å². The molecule has 0 spiro atoms. The van der Waals surface area contributed by atoms with Crippen molar-refractivity contribution >= 4 is 26.6 Å². The number of nitrogens with zero attached hydrogens (tertiary/aromatic N) is 3. The van der Waals surface area contributed by atoms with Crippen molar-refractivity contribution in [2.24, 2.45) is 0 Å². The van der Waals surface area contributed by atoms with Gasteiger partial charge < -0.3 is 5.32 Å². The van der Waals surface area contributed by atoms with Crippen LogP contribution in [0.4, 0.5) is 17.6 Å². The molecule has 8 nitrogen and oxygen atoms in total. The molecule has 0 radical (unpaired) electrons. The molecular weight excluding hydrogens is 478 g/mol. The van der Waals surface area contributed by atoms with Crippen molar-refractivity contribution in [1.82, 2.24) is 25.5 Å². The number of fused-ring (bicyclic) bond motifs is 1. The fraction of sp³-hybridized carbons (Fsp3) is 0.143.